The molecule has 2 aliphatic carbocycles. The van der Waals surface area contributed by atoms with Crippen LogP contribution in [0.25, 0.3) is 45.4 Å². The summed E-state index contributed by atoms with van der Waals surface area (Å²) in [5.74, 6) is 0.772. The number of fused-ring (bicyclic) bond motifs is 11. The lowest BCUT2D eigenvalue weighted by atomic mass is 9.70. The maximum Gasteiger partial charge on any atom is 0.136 e. The monoisotopic (exact) mass is 408 g/mol. The van der Waals surface area contributed by atoms with Crippen LogP contribution in [0, 0.1) is 0 Å². The number of rotatable bonds is 2. The molecule has 1 heteroatoms. The molecule has 2 aliphatic rings. The molecule has 0 N–H and O–H groups in total. The van der Waals surface area contributed by atoms with Gasteiger partial charge in [0.2, 0.25) is 0 Å². The Hall–Kier alpha value is -4.10. The van der Waals surface area contributed by atoms with Crippen molar-refractivity contribution in [1.29, 1.82) is 0 Å². The van der Waals surface area contributed by atoms with Gasteiger partial charge < -0.3 is 4.42 Å². The van der Waals surface area contributed by atoms with Crippen molar-refractivity contribution in [3.05, 3.63) is 132 Å². The summed E-state index contributed by atoms with van der Waals surface area (Å²) in [5, 5.41) is 1.09. The Morgan fingerprint density at radius 3 is 1.66 bits per heavy atom. The highest BCUT2D eigenvalue weighted by atomic mass is 16.3. The number of hydrogen-bond donors (Lipinski definition) is 0. The maximum absolute atomic E-state index is 6.18. The van der Waals surface area contributed by atoms with E-state index in [1.54, 1.807) is 6.08 Å². The maximum atomic E-state index is 6.18. The van der Waals surface area contributed by atoms with Gasteiger partial charge in [0.05, 0.1) is 5.41 Å². The van der Waals surface area contributed by atoms with Gasteiger partial charge in [0.15, 0.2) is 0 Å². The summed E-state index contributed by atoms with van der Waals surface area (Å²) in [4.78, 5) is 0. The van der Waals surface area contributed by atoms with Crippen LogP contribution < -0.4 is 0 Å². The van der Waals surface area contributed by atoms with E-state index < -0.39 is 0 Å². The fourth-order valence-electron chi connectivity index (χ4n) is 6.08. The molecule has 0 atom stereocenters. The Morgan fingerprint density at radius 2 is 1.12 bits per heavy atom. The van der Waals surface area contributed by atoms with Gasteiger partial charge >= 0.3 is 0 Å². The largest absolute Gasteiger partial charge is 0.456 e. The lowest BCUT2D eigenvalue weighted by Gasteiger charge is -2.30. The van der Waals surface area contributed by atoms with Crippen molar-refractivity contribution in [1.82, 2.24) is 0 Å². The van der Waals surface area contributed by atoms with Crippen molar-refractivity contribution in [3.63, 3.8) is 0 Å². The lowest BCUT2D eigenvalue weighted by Crippen LogP contribution is -2.25. The zero-order valence-electron chi connectivity index (χ0n) is 17.6. The predicted molar refractivity (Wildman–Crippen MR) is 133 cm³/mol. The topological polar surface area (TPSA) is 13.1 Å². The molecular formula is C31H20O. The zero-order valence-corrected chi connectivity index (χ0v) is 17.6. The first-order chi connectivity index (χ1) is 15.8. The molecule has 0 saturated carbocycles. The van der Waals surface area contributed by atoms with Crippen LogP contribution in [0.15, 0.2) is 103 Å². The third-order valence-electron chi connectivity index (χ3n) is 7.26. The molecule has 1 nitrogen and oxygen atoms in total. The summed E-state index contributed by atoms with van der Waals surface area (Å²) in [6, 6.07) is 31.1. The normalized spacial score (nSPS) is 14.1. The van der Waals surface area contributed by atoms with E-state index in [9.17, 15) is 0 Å². The average molecular weight is 409 g/mol. The molecule has 1 aromatic heterocycles. The van der Waals surface area contributed by atoms with Gasteiger partial charge in [0.25, 0.3) is 0 Å². The molecule has 1 heterocycles. The van der Waals surface area contributed by atoms with Gasteiger partial charge in [-0.1, -0.05) is 92.0 Å². The molecule has 0 fully saturated rings. The number of hydrogen-bond acceptors (Lipinski definition) is 1. The van der Waals surface area contributed by atoms with Crippen molar-refractivity contribution in [2.75, 3.05) is 0 Å². The molecule has 1 spiro atoms. The standard InChI is InChI=1S/C31H20O/c1-3-19-24-17-28-23(18-30(24)32-29(19)4-2)22-13-7-10-16-27(22)31(28)25-14-8-5-11-20(25)21-12-6-9-15-26(21)31/h3-18H,1-2H2. The third-order valence-corrected chi connectivity index (χ3v) is 7.26. The van der Waals surface area contributed by atoms with Gasteiger partial charge in [-0.3, -0.25) is 0 Å². The minimum Gasteiger partial charge on any atom is -0.456 e. The quantitative estimate of drug-likeness (QED) is 0.282. The van der Waals surface area contributed by atoms with Gasteiger partial charge in [-0.2, -0.15) is 0 Å². The van der Waals surface area contributed by atoms with Gasteiger partial charge in [0.1, 0.15) is 11.3 Å². The van der Waals surface area contributed by atoms with Crippen LogP contribution in [0.4, 0.5) is 0 Å². The molecule has 4 aromatic carbocycles. The summed E-state index contributed by atoms with van der Waals surface area (Å²) in [7, 11) is 0. The first-order valence-electron chi connectivity index (χ1n) is 10.9. The van der Waals surface area contributed by atoms with Crippen molar-refractivity contribution >= 4 is 23.1 Å². The van der Waals surface area contributed by atoms with Crippen LogP contribution in [-0.4, -0.2) is 0 Å². The van der Waals surface area contributed by atoms with E-state index >= 15 is 0 Å². The molecule has 0 amide bonds. The first-order valence-corrected chi connectivity index (χ1v) is 10.9. The van der Waals surface area contributed by atoms with E-state index in [1.165, 1.54) is 44.5 Å². The fraction of sp³-hybridized carbons (Fsp3) is 0.0323. The van der Waals surface area contributed by atoms with Crippen molar-refractivity contribution in [2.45, 2.75) is 5.41 Å². The molecule has 0 radical (unpaired) electrons. The van der Waals surface area contributed by atoms with Gasteiger partial charge in [-0.05, 0) is 62.7 Å². The lowest BCUT2D eigenvalue weighted by molar-refractivity contribution is 0.603. The highest BCUT2D eigenvalue weighted by Crippen LogP contribution is 2.63. The molecule has 0 aliphatic heterocycles. The minimum atomic E-state index is -0.336. The second-order valence-corrected chi connectivity index (χ2v) is 8.57. The molecule has 7 rings (SSSR count). The van der Waals surface area contributed by atoms with E-state index in [4.69, 9.17) is 4.42 Å². The van der Waals surface area contributed by atoms with E-state index in [0.29, 0.717) is 0 Å². The predicted octanol–water partition coefficient (Wildman–Crippen LogP) is 8.06. The fourth-order valence-corrected chi connectivity index (χ4v) is 6.08. The summed E-state index contributed by atoms with van der Waals surface area (Å²) in [6.07, 6.45) is 3.65. The molecule has 32 heavy (non-hydrogen) atoms. The Morgan fingerprint density at radius 1 is 0.594 bits per heavy atom. The highest BCUT2D eigenvalue weighted by molar-refractivity contribution is 6.01. The van der Waals surface area contributed by atoms with Crippen molar-refractivity contribution in [3.8, 4) is 22.3 Å². The summed E-state index contributed by atoms with van der Waals surface area (Å²) < 4.78 is 6.18. The molecule has 0 unspecified atom stereocenters. The number of benzene rings is 4. The van der Waals surface area contributed by atoms with Gasteiger partial charge in [0, 0.05) is 10.9 Å². The SMILES string of the molecule is C=Cc1oc2cc3c(cc2c1C=C)C1(c2ccccc2-c2ccccc21)c1ccccc1-3. The molecule has 150 valence electrons. The van der Waals surface area contributed by atoms with Crippen LogP contribution >= 0.6 is 0 Å². The summed E-state index contributed by atoms with van der Waals surface area (Å²) >= 11 is 0. The second kappa shape index (κ2) is 5.99. The van der Waals surface area contributed by atoms with Gasteiger partial charge in [-0.25, -0.2) is 0 Å². The van der Waals surface area contributed by atoms with Crippen LogP contribution in [-0.2, 0) is 5.41 Å². The smallest absolute Gasteiger partial charge is 0.136 e. The summed E-state index contributed by atoms with van der Waals surface area (Å²) in [6.45, 7) is 7.99. The van der Waals surface area contributed by atoms with Crippen molar-refractivity contribution < 1.29 is 4.42 Å². The highest BCUT2D eigenvalue weighted by Gasteiger charge is 2.51. The van der Waals surface area contributed by atoms with Crippen LogP contribution in [0.2, 0.25) is 0 Å². The average Bonchev–Trinajstić information content (AvgIpc) is 3.46. The van der Waals surface area contributed by atoms with E-state index in [1.807, 2.05) is 6.08 Å². The van der Waals surface area contributed by atoms with Crippen molar-refractivity contribution in [2.24, 2.45) is 0 Å². The Labute approximate surface area is 187 Å². The molecule has 5 aromatic rings. The Bertz CT molecular complexity index is 1570. The van der Waals surface area contributed by atoms with Crippen LogP contribution in [0.1, 0.15) is 33.6 Å². The minimum absolute atomic E-state index is 0.336. The second-order valence-electron chi connectivity index (χ2n) is 8.57. The molecular weight excluding hydrogens is 388 g/mol. The summed E-state index contributed by atoms with van der Waals surface area (Å²) in [5.41, 5.74) is 12.0. The first kappa shape index (κ1) is 17.6. The molecule has 0 saturated heterocycles. The number of furan rings is 1. The zero-order chi connectivity index (χ0) is 21.4. The van der Waals surface area contributed by atoms with E-state index in [0.717, 1.165) is 22.3 Å². The van der Waals surface area contributed by atoms with Crippen LogP contribution in [0.5, 0.6) is 0 Å². The van der Waals surface area contributed by atoms with E-state index in [-0.39, 0.29) is 5.41 Å². The van der Waals surface area contributed by atoms with E-state index in [2.05, 4.69) is 98.1 Å². The Kier molecular flexibility index (Phi) is 3.29. The van der Waals surface area contributed by atoms with Gasteiger partial charge in [-0.15, -0.1) is 0 Å². The third kappa shape index (κ3) is 1.86. The Balaban J connectivity index is 1.71. The van der Waals surface area contributed by atoms with Crippen LogP contribution in [0.3, 0.4) is 0 Å². The molecule has 0 bridgehead atoms.